The van der Waals surface area contributed by atoms with Gasteiger partial charge in [0.2, 0.25) is 11.8 Å². The largest absolute Gasteiger partial charge is 0.486 e. The summed E-state index contributed by atoms with van der Waals surface area (Å²) in [6, 6.07) is 45.8. The normalized spacial score (nSPS) is 18.2. The zero-order valence-corrected chi connectivity index (χ0v) is 60.7. The first-order chi connectivity index (χ1) is 51.3. The van der Waals surface area contributed by atoms with Gasteiger partial charge in [-0.3, -0.25) is 9.59 Å². The van der Waals surface area contributed by atoms with Crippen LogP contribution in [0.2, 0.25) is 5.02 Å². The minimum atomic E-state index is -1.13. The van der Waals surface area contributed by atoms with Crippen LogP contribution >= 0.6 is 11.6 Å². The Balaban J connectivity index is 0.800. The summed E-state index contributed by atoms with van der Waals surface area (Å²) in [7, 11) is 1.61. The van der Waals surface area contributed by atoms with Crippen molar-refractivity contribution in [2.24, 2.45) is 5.92 Å². The summed E-state index contributed by atoms with van der Waals surface area (Å²) in [6.45, 7) is 11.7. The van der Waals surface area contributed by atoms with Crippen molar-refractivity contribution in [3.05, 3.63) is 227 Å². The maximum atomic E-state index is 17.9. The summed E-state index contributed by atoms with van der Waals surface area (Å²) in [5.41, 5.74) is 7.69. The lowest BCUT2D eigenvalue weighted by Gasteiger charge is -2.37. The minimum Gasteiger partial charge on any atom is -0.486 e. The fourth-order valence-corrected chi connectivity index (χ4v) is 15.6. The van der Waals surface area contributed by atoms with Crippen molar-refractivity contribution in [1.82, 2.24) is 59.8 Å². The zero-order valence-electron chi connectivity index (χ0n) is 60.0. The first kappa shape index (κ1) is 70.9. The molecule has 106 heavy (non-hydrogen) atoms. The average molecular weight is 1450 g/mol. The van der Waals surface area contributed by atoms with E-state index in [0.717, 1.165) is 51.8 Å². The maximum Gasteiger partial charge on any atom is 0.410 e. The van der Waals surface area contributed by atoms with Gasteiger partial charge >= 0.3 is 12.1 Å². The van der Waals surface area contributed by atoms with Gasteiger partial charge in [0.15, 0.2) is 5.75 Å². The highest BCUT2D eigenvalue weighted by Gasteiger charge is 2.49. The number of carbonyl (C=O) groups excluding carboxylic acids is 3. The number of carbonyl (C=O) groups is 3. The zero-order chi connectivity index (χ0) is 73.7. The molecule has 3 amide bonds. The second-order valence-electron chi connectivity index (χ2n) is 29.3. The van der Waals surface area contributed by atoms with E-state index < -0.39 is 59.6 Å². The number of nitrogens with one attached hydrogen (secondary N) is 1. The molecule has 3 aliphatic heterocycles. The van der Waals surface area contributed by atoms with Crippen molar-refractivity contribution in [1.29, 1.82) is 0 Å². The van der Waals surface area contributed by atoms with E-state index in [0.29, 0.717) is 80.8 Å². The molecule has 7 heterocycles. The lowest BCUT2D eigenvalue weighted by molar-refractivity contribution is -0.142. The average Bonchev–Trinajstić information content (AvgIpc) is 1.48. The van der Waals surface area contributed by atoms with Crippen LogP contribution in [0.1, 0.15) is 119 Å². The van der Waals surface area contributed by atoms with Crippen molar-refractivity contribution >= 4 is 57.1 Å². The Hall–Kier alpha value is -10.7. The topological polar surface area (TPSA) is 250 Å². The molecule has 544 valence electrons. The van der Waals surface area contributed by atoms with E-state index in [1.165, 1.54) is 22.0 Å². The molecule has 4 aromatic heterocycles. The molecule has 4 aliphatic rings. The van der Waals surface area contributed by atoms with E-state index in [-0.39, 0.29) is 73.3 Å². The minimum absolute atomic E-state index is 0.000606. The van der Waals surface area contributed by atoms with Gasteiger partial charge in [-0.15, -0.1) is 5.10 Å². The number of halogens is 2. The number of β-amino-alcohol motifs (C(OH)–C–C–N with tert-alkyl or cyclic N) is 1. The SMILES string of the molecule is CO[C@@H](C)COc1nc(N2C[C@@H]3C[C@H]2CN3C(=O)OC(C)(C)C)c2cc(C3CC3)c(-c3c(Cl)c(F)cc4c3cnn4C(c3ccccc3)(c3ccccc3)c3ccccc3)c(OCc3ccc(-c4cn([C@H](C(=O)N5C[C@H](O)C[C@H]5C(=O)N[C@@H](CO)c5ccc(-c6cncnc6)cc5)C(C)C)nn4)cc3)c2n1. The van der Waals surface area contributed by atoms with Crippen LogP contribution in [0.25, 0.3) is 55.3 Å². The Morgan fingerprint density at radius 1 is 0.736 bits per heavy atom. The summed E-state index contributed by atoms with van der Waals surface area (Å²) in [5, 5.41) is 40.1. The summed E-state index contributed by atoms with van der Waals surface area (Å²) in [6.07, 6.45) is 8.96. The maximum absolute atomic E-state index is 17.9. The van der Waals surface area contributed by atoms with Crippen molar-refractivity contribution < 1.29 is 47.9 Å². The Morgan fingerprint density at radius 2 is 1.40 bits per heavy atom. The number of piperazine rings is 1. The molecule has 1 aliphatic carbocycles. The molecule has 3 saturated heterocycles. The van der Waals surface area contributed by atoms with Crippen molar-refractivity contribution in [3.8, 4) is 45.3 Å². The molecule has 0 radical (unpaired) electrons. The van der Waals surface area contributed by atoms with Crippen LogP contribution in [0, 0.1) is 11.7 Å². The van der Waals surface area contributed by atoms with Gasteiger partial charge in [-0.25, -0.2) is 28.5 Å². The molecule has 15 rings (SSSR count). The number of methoxy groups -OCH3 is 1. The van der Waals surface area contributed by atoms with E-state index in [1.807, 2.05) is 142 Å². The van der Waals surface area contributed by atoms with Gasteiger partial charge in [-0.1, -0.05) is 170 Å². The van der Waals surface area contributed by atoms with E-state index in [2.05, 4.69) is 73.0 Å². The molecule has 11 aromatic rings. The van der Waals surface area contributed by atoms with E-state index in [9.17, 15) is 24.6 Å². The highest BCUT2D eigenvalue weighted by molar-refractivity contribution is 6.35. The first-order valence-electron chi connectivity index (χ1n) is 36.0. The van der Waals surface area contributed by atoms with Crippen LogP contribution in [0.3, 0.4) is 0 Å². The quantitative estimate of drug-likeness (QED) is 0.0503. The molecule has 3 N–H and O–H groups in total. The highest BCUT2D eigenvalue weighted by Crippen LogP contribution is 2.56. The summed E-state index contributed by atoms with van der Waals surface area (Å²) >= 11 is 7.60. The van der Waals surface area contributed by atoms with Crippen molar-refractivity contribution in [2.45, 2.75) is 133 Å². The van der Waals surface area contributed by atoms with Crippen LogP contribution in [-0.4, -0.2) is 159 Å². The second-order valence-corrected chi connectivity index (χ2v) is 29.7. The molecule has 1 saturated carbocycles. The molecule has 0 unspecified atom stereocenters. The van der Waals surface area contributed by atoms with Crippen LogP contribution in [-0.2, 0) is 31.2 Å². The molecular weight excluding hydrogens is 1370 g/mol. The predicted molar refractivity (Wildman–Crippen MR) is 399 cm³/mol. The molecular formula is C82H83ClFN13O9. The number of aliphatic hydroxyl groups excluding tert-OH is 2. The van der Waals surface area contributed by atoms with Gasteiger partial charge in [-0.05, 0) is 104 Å². The molecule has 0 spiro atoms. The van der Waals surface area contributed by atoms with Gasteiger partial charge < -0.3 is 49.2 Å². The third kappa shape index (κ3) is 13.6. The monoisotopic (exact) mass is 1450 g/mol. The molecule has 4 fully saturated rings. The lowest BCUT2D eigenvalue weighted by Crippen LogP contribution is -2.50. The summed E-state index contributed by atoms with van der Waals surface area (Å²) in [4.78, 5) is 66.9. The smallest absolute Gasteiger partial charge is 0.410 e. The number of rotatable bonds is 23. The van der Waals surface area contributed by atoms with E-state index in [4.69, 9.17) is 45.6 Å². The number of ether oxygens (including phenoxy) is 4. The van der Waals surface area contributed by atoms with Gasteiger partial charge in [-0.2, -0.15) is 15.1 Å². The molecule has 2 bridgehead atoms. The number of anilines is 1. The highest BCUT2D eigenvalue weighted by atomic mass is 35.5. The third-order valence-electron chi connectivity index (χ3n) is 20.7. The predicted octanol–water partition coefficient (Wildman–Crippen LogP) is 13.1. The Morgan fingerprint density at radius 3 is 2.00 bits per heavy atom. The number of benzene rings is 7. The number of hydrogen-bond acceptors (Lipinski definition) is 17. The van der Waals surface area contributed by atoms with Crippen LogP contribution in [0.15, 0.2) is 183 Å². The lowest BCUT2D eigenvalue weighted by atomic mass is 9.77. The Labute approximate surface area is 618 Å². The van der Waals surface area contributed by atoms with Gasteiger partial charge in [0.1, 0.15) is 65.6 Å². The Bertz CT molecular complexity index is 4930. The van der Waals surface area contributed by atoms with E-state index in [1.54, 1.807) is 44.0 Å². The fraction of sp³-hybridized carbons (Fsp3) is 0.341. The standard InChI is InChI=1S/C82H83ClFN13O9/c1-48(2)74(78(101)95-42-61(99)34-69(95)77(100)88-67(44-98)54-31-27-51(28-32-54)55-37-85-47-86-38-55)96-43-66(91-92-96)53-25-23-50(24-26-53)46-104-75-71(70-64-39-87-97(68(64)36-65(84)72(70)83)82(56-17-11-8-12-18-56,57-19-13-9-14-20-57)58-21-15-10-16-22-58)62(52-29-30-52)35-63-73(75)89-79(105-45-49(3)103-7)90-76(63)93-40-60-33-59(93)41-94(60)80(102)106-81(4,5)6/h8-28,31-32,35-39,43,47-49,52,59-61,67,69,74,98-99H,29-30,33-34,40-42,44-46H2,1-7H3,(H,88,100)/t49-,59-,60-,61+,67-,69-,74-/m0/s1. The van der Waals surface area contributed by atoms with Crippen LogP contribution in [0.5, 0.6) is 11.8 Å². The van der Waals surface area contributed by atoms with Crippen molar-refractivity contribution in [2.75, 3.05) is 44.9 Å². The molecule has 7 atom stereocenters. The second kappa shape index (κ2) is 29.3. The number of hydrogen-bond donors (Lipinski definition) is 3. The number of aliphatic hydroxyl groups is 2. The van der Waals surface area contributed by atoms with Gasteiger partial charge in [0.05, 0.1) is 59.9 Å². The third-order valence-corrected chi connectivity index (χ3v) is 21.1. The first-order valence-corrected chi connectivity index (χ1v) is 36.4. The number of aromatic nitrogens is 9. The number of likely N-dealkylation sites (tertiary alicyclic amines) is 2. The van der Waals surface area contributed by atoms with Crippen molar-refractivity contribution in [3.63, 3.8) is 0 Å². The molecule has 24 heteroatoms. The van der Waals surface area contributed by atoms with Gasteiger partial charge in [0.25, 0.3) is 0 Å². The molecule has 7 aromatic carbocycles. The summed E-state index contributed by atoms with van der Waals surface area (Å²) in [5.74, 6) is -1.04. The van der Waals surface area contributed by atoms with E-state index >= 15 is 4.39 Å². The number of amides is 3. The number of fused-ring (bicyclic) bond motifs is 4. The fourth-order valence-electron chi connectivity index (χ4n) is 15.4. The summed E-state index contributed by atoms with van der Waals surface area (Å²) < 4.78 is 46.8. The Kier molecular flexibility index (Phi) is 19.6. The van der Waals surface area contributed by atoms with Crippen LogP contribution in [0.4, 0.5) is 15.0 Å². The van der Waals surface area contributed by atoms with Crippen LogP contribution < -0.4 is 19.7 Å². The molecule has 22 nitrogen and oxygen atoms in total. The number of nitrogens with zero attached hydrogens (tertiary/aromatic N) is 12. The van der Waals surface area contributed by atoms with Gasteiger partial charge in [0, 0.05) is 84.7 Å².